The zero-order chi connectivity index (χ0) is 17.8. The van der Waals surface area contributed by atoms with E-state index in [-0.39, 0.29) is 23.9 Å². The third-order valence-electron chi connectivity index (χ3n) is 3.61. The van der Waals surface area contributed by atoms with Gasteiger partial charge in [0.25, 0.3) is 0 Å². The van der Waals surface area contributed by atoms with Crippen molar-refractivity contribution in [3.8, 4) is 0 Å². The molecule has 1 aromatic heterocycles. The van der Waals surface area contributed by atoms with Gasteiger partial charge in [-0.05, 0) is 26.0 Å². The number of carbonyl (C=O) groups is 1. The van der Waals surface area contributed by atoms with Crippen LogP contribution in [0.3, 0.4) is 0 Å². The molecule has 0 radical (unpaired) electrons. The Balaban J connectivity index is 1.53. The number of nitrogens with zero attached hydrogens (tertiary/aromatic N) is 3. The number of para-hydroxylation sites is 1. The number of hydrogen-bond acceptors (Lipinski definition) is 7. The lowest BCUT2D eigenvalue weighted by molar-refractivity contribution is -0.140. The van der Waals surface area contributed by atoms with E-state index in [1.165, 1.54) is 29.2 Å². The molecule has 1 saturated heterocycles. The minimum absolute atomic E-state index is 0.0517. The number of nitrogens with one attached hydrogen (secondary N) is 1. The number of ether oxygens (including phenoxy) is 1. The summed E-state index contributed by atoms with van der Waals surface area (Å²) in [6.07, 6.45) is 0.103. The monoisotopic (exact) mass is 382 g/mol. The average molecular weight is 382 g/mol. The Hall–Kier alpha value is -1.71. The quantitative estimate of drug-likeness (QED) is 0.802. The molecule has 0 bridgehead atoms. The van der Waals surface area contributed by atoms with Crippen LogP contribution in [0.5, 0.6) is 0 Å². The van der Waals surface area contributed by atoms with Crippen LogP contribution in [0.2, 0.25) is 0 Å². The smallest absolute Gasteiger partial charge is 0.233 e. The highest BCUT2D eigenvalue weighted by atomic mass is 32.2. The van der Waals surface area contributed by atoms with E-state index >= 15 is 0 Å². The number of aromatic nitrogens is 2. The first kappa shape index (κ1) is 18.1. The van der Waals surface area contributed by atoms with Crippen LogP contribution in [-0.2, 0) is 9.53 Å². The minimum atomic E-state index is -0.349. The van der Waals surface area contributed by atoms with E-state index in [0.29, 0.717) is 34.0 Å². The summed E-state index contributed by atoms with van der Waals surface area (Å²) in [4.78, 5) is 14.2. The van der Waals surface area contributed by atoms with Gasteiger partial charge in [0.2, 0.25) is 11.0 Å². The van der Waals surface area contributed by atoms with E-state index in [4.69, 9.17) is 4.74 Å². The van der Waals surface area contributed by atoms with E-state index in [1.807, 2.05) is 18.7 Å². The third kappa shape index (κ3) is 4.90. The van der Waals surface area contributed by atoms with Crippen LogP contribution in [0.1, 0.15) is 13.8 Å². The van der Waals surface area contributed by atoms with E-state index in [0.717, 1.165) is 0 Å². The second-order valence-electron chi connectivity index (χ2n) is 5.82. The Morgan fingerprint density at radius 3 is 2.80 bits per heavy atom. The van der Waals surface area contributed by atoms with E-state index < -0.39 is 0 Å². The predicted molar refractivity (Wildman–Crippen MR) is 96.9 cm³/mol. The third-order valence-corrected chi connectivity index (χ3v) is 5.57. The largest absolute Gasteiger partial charge is 0.372 e. The molecule has 2 heterocycles. The van der Waals surface area contributed by atoms with Crippen molar-refractivity contribution in [2.75, 3.05) is 24.2 Å². The molecule has 134 valence electrons. The van der Waals surface area contributed by atoms with Gasteiger partial charge in [0.05, 0.1) is 23.6 Å². The summed E-state index contributed by atoms with van der Waals surface area (Å²) in [5.41, 5.74) is 0.350. The van der Waals surface area contributed by atoms with Crippen molar-refractivity contribution >= 4 is 39.8 Å². The lowest BCUT2D eigenvalue weighted by Crippen LogP contribution is -2.48. The van der Waals surface area contributed by atoms with Gasteiger partial charge in [-0.1, -0.05) is 35.2 Å². The molecule has 1 aliphatic rings. The summed E-state index contributed by atoms with van der Waals surface area (Å²) in [5, 5.41) is 11.4. The van der Waals surface area contributed by atoms with Gasteiger partial charge in [-0.3, -0.25) is 4.79 Å². The van der Waals surface area contributed by atoms with Gasteiger partial charge in [0, 0.05) is 13.1 Å². The summed E-state index contributed by atoms with van der Waals surface area (Å²) in [7, 11) is 0. The van der Waals surface area contributed by atoms with Crippen LogP contribution in [0.15, 0.2) is 28.6 Å². The molecule has 1 fully saturated rings. The number of halogens is 1. The molecule has 2 atom stereocenters. The first-order valence-electron chi connectivity index (χ1n) is 7.92. The summed E-state index contributed by atoms with van der Waals surface area (Å²) >= 11 is 2.63. The van der Waals surface area contributed by atoms with Crippen molar-refractivity contribution in [2.45, 2.75) is 30.4 Å². The number of carbonyl (C=O) groups excluding carboxylic acids is 1. The Kier molecular flexibility index (Phi) is 5.87. The van der Waals surface area contributed by atoms with Crippen molar-refractivity contribution in [3.05, 3.63) is 30.1 Å². The second-order valence-corrected chi connectivity index (χ2v) is 8.02. The molecule has 2 aromatic rings. The Morgan fingerprint density at radius 1 is 1.36 bits per heavy atom. The van der Waals surface area contributed by atoms with Gasteiger partial charge in [-0.15, -0.1) is 10.2 Å². The highest BCUT2D eigenvalue weighted by Gasteiger charge is 2.25. The van der Waals surface area contributed by atoms with Crippen LogP contribution in [-0.4, -0.2) is 52.1 Å². The molecular formula is C16H19FN4O2S2. The summed E-state index contributed by atoms with van der Waals surface area (Å²) < 4.78 is 19.9. The Morgan fingerprint density at radius 2 is 2.08 bits per heavy atom. The fourth-order valence-electron chi connectivity index (χ4n) is 2.59. The maximum Gasteiger partial charge on any atom is 0.233 e. The number of hydrogen-bond donors (Lipinski definition) is 1. The molecule has 1 N–H and O–H groups in total. The molecule has 2 unspecified atom stereocenters. The number of thioether (sulfide) groups is 1. The molecule has 0 spiro atoms. The fraction of sp³-hybridized carbons (Fsp3) is 0.438. The SMILES string of the molecule is CC1CN(C(=O)CSc2nnc(Nc3ccccc3F)s2)CC(C)O1. The molecule has 6 nitrogen and oxygen atoms in total. The van der Waals surface area contributed by atoms with Crippen molar-refractivity contribution in [3.63, 3.8) is 0 Å². The van der Waals surface area contributed by atoms with Crippen LogP contribution < -0.4 is 5.32 Å². The van der Waals surface area contributed by atoms with Gasteiger partial charge < -0.3 is 15.0 Å². The first-order valence-corrected chi connectivity index (χ1v) is 9.72. The van der Waals surface area contributed by atoms with Crippen molar-refractivity contribution in [2.24, 2.45) is 0 Å². The first-order chi connectivity index (χ1) is 12.0. The normalized spacial score (nSPS) is 20.5. The number of morpholine rings is 1. The summed E-state index contributed by atoms with van der Waals surface area (Å²) in [5.74, 6) is 0.0109. The second kappa shape index (κ2) is 8.11. The van der Waals surface area contributed by atoms with Crippen LogP contribution in [0, 0.1) is 5.82 Å². The zero-order valence-electron chi connectivity index (χ0n) is 13.9. The summed E-state index contributed by atoms with van der Waals surface area (Å²) in [6.45, 7) is 5.16. The van der Waals surface area contributed by atoms with Gasteiger partial charge in [0.1, 0.15) is 5.82 Å². The number of rotatable bonds is 5. The lowest BCUT2D eigenvalue weighted by atomic mass is 10.2. The maximum atomic E-state index is 13.6. The average Bonchev–Trinajstić information content (AvgIpc) is 3.01. The minimum Gasteiger partial charge on any atom is -0.372 e. The zero-order valence-corrected chi connectivity index (χ0v) is 15.6. The molecule has 1 amide bonds. The highest BCUT2D eigenvalue weighted by Crippen LogP contribution is 2.28. The van der Waals surface area contributed by atoms with Gasteiger partial charge in [-0.25, -0.2) is 4.39 Å². The molecule has 25 heavy (non-hydrogen) atoms. The molecule has 0 aliphatic carbocycles. The molecule has 0 saturated carbocycles. The van der Waals surface area contributed by atoms with Crippen molar-refractivity contribution in [1.82, 2.24) is 15.1 Å². The molecule has 9 heteroatoms. The predicted octanol–water partition coefficient (Wildman–Crippen LogP) is 3.15. The Labute approximate surface area is 153 Å². The van der Waals surface area contributed by atoms with E-state index in [9.17, 15) is 9.18 Å². The number of amides is 1. The molecule has 3 rings (SSSR count). The molecular weight excluding hydrogens is 363 g/mol. The molecule has 1 aliphatic heterocycles. The van der Waals surface area contributed by atoms with Crippen LogP contribution in [0.25, 0.3) is 0 Å². The van der Waals surface area contributed by atoms with E-state index in [1.54, 1.807) is 18.2 Å². The van der Waals surface area contributed by atoms with Crippen molar-refractivity contribution in [1.29, 1.82) is 0 Å². The molecule has 1 aromatic carbocycles. The van der Waals surface area contributed by atoms with Crippen LogP contribution >= 0.6 is 23.1 Å². The fourth-order valence-corrected chi connectivity index (χ4v) is 4.26. The van der Waals surface area contributed by atoms with Gasteiger partial charge in [-0.2, -0.15) is 0 Å². The number of anilines is 2. The van der Waals surface area contributed by atoms with Crippen molar-refractivity contribution < 1.29 is 13.9 Å². The lowest BCUT2D eigenvalue weighted by Gasteiger charge is -2.35. The topological polar surface area (TPSA) is 67.4 Å². The summed E-state index contributed by atoms with van der Waals surface area (Å²) in [6, 6.07) is 6.38. The standard InChI is InChI=1S/C16H19FN4O2S2/c1-10-7-21(8-11(2)23-10)14(22)9-24-16-20-19-15(25-16)18-13-6-4-3-5-12(13)17/h3-6,10-11H,7-9H2,1-2H3,(H,18,19). The Bertz CT molecular complexity index is 732. The van der Waals surface area contributed by atoms with Crippen LogP contribution in [0.4, 0.5) is 15.2 Å². The number of benzene rings is 1. The van der Waals surface area contributed by atoms with Gasteiger partial charge in [0.15, 0.2) is 4.34 Å². The maximum absolute atomic E-state index is 13.6. The highest BCUT2D eigenvalue weighted by molar-refractivity contribution is 8.01. The van der Waals surface area contributed by atoms with Gasteiger partial charge >= 0.3 is 0 Å². The van der Waals surface area contributed by atoms with E-state index in [2.05, 4.69) is 15.5 Å².